The summed E-state index contributed by atoms with van der Waals surface area (Å²) in [7, 11) is 0. The summed E-state index contributed by atoms with van der Waals surface area (Å²) < 4.78 is 1.50. The van der Waals surface area contributed by atoms with Crippen LogP contribution in [0, 0.1) is 0 Å². The zero-order valence-electron chi connectivity index (χ0n) is 9.14. The van der Waals surface area contributed by atoms with Crippen LogP contribution in [0.3, 0.4) is 0 Å². The highest BCUT2D eigenvalue weighted by Gasteiger charge is 2.10. The predicted molar refractivity (Wildman–Crippen MR) is 68.8 cm³/mol. The number of nitrogens with one attached hydrogen (secondary N) is 1. The van der Waals surface area contributed by atoms with Gasteiger partial charge in [0.1, 0.15) is 0 Å². The molecule has 7 heteroatoms. The molecule has 0 bridgehead atoms. The fourth-order valence-electron chi connectivity index (χ4n) is 1.65. The molecule has 0 spiro atoms. The average molecular weight is 313 g/mol. The Bertz CT molecular complexity index is 732. The molecule has 0 atom stereocenters. The Kier molecular flexibility index (Phi) is 3.33. The zero-order valence-corrected chi connectivity index (χ0v) is 10.7. The fourth-order valence-corrected chi connectivity index (χ4v) is 2.12. The van der Waals surface area contributed by atoms with Gasteiger partial charge in [-0.1, -0.05) is 6.07 Å². The van der Waals surface area contributed by atoms with Crippen LogP contribution in [0.4, 0.5) is 0 Å². The minimum Gasteiger partial charge on any atom is -0.481 e. The van der Waals surface area contributed by atoms with Crippen molar-refractivity contribution in [1.82, 2.24) is 9.55 Å². The topological polar surface area (TPSA) is 92.2 Å². The fraction of sp³-hybridized carbons (Fsp3) is 0.182. The van der Waals surface area contributed by atoms with Gasteiger partial charge in [0.2, 0.25) is 0 Å². The van der Waals surface area contributed by atoms with Gasteiger partial charge in [-0.2, -0.15) is 0 Å². The number of hydrogen-bond acceptors (Lipinski definition) is 3. The van der Waals surface area contributed by atoms with E-state index in [4.69, 9.17) is 5.11 Å². The number of aromatic amines is 1. The first-order valence-electron chi connectivity index (χ1n) is 5.14. The van der Waals surface area contributed by atoms with Crippen molar-refractivity contribution in [3.05, 3.63) is 43.5 Å². The molecule has 18 heavy (non-hydrogen) atoms. The first-order valence-corrected chi connectivity index (χ1v) is 5.93. The number of halogens is 1. The predicted octanol–water partition coefficient (Wildman–Crippen LogP) is 0.927. The van der Waals surface area contributed by atoms with Crippen LogP contribution >= 0.6 is 15.9 Å². The second-order valence-corrected chi connectivity index (χ2v) is 4.55. The number of carbonyl (C=O) groups is 1. The number of para-hydroxylation sites is 1. The van der Waals surface area contributed by atoms with Crippen molar-refractivity contribution in [3.63, 3.8) is 0 Å². The Morgan fingerprint density at radius 2 is 2.11 bits per heavy atom. The van der Waals surface area contributed by atoms with Gasteiger partial charge in [0.05, 0.1) is 17.3 Å². The Balaban J connectivity index is 2.66. The Labute approximate surface area is 109 Å². The van der Waals surface area contributed by atoms with Crippen LogP contribution in [-0.4, -0.2) is 20.6 Å². The lowest BCUT2D eigenvalue weighted by Gasteiger charge is -2.05. The van der Waals surface area contributed by atoms with Crippen molar-refractivity contribution < 1.29 is 9.90 Å². The Morgan fingerprint density at radius 3 is 2.78 bits per heavy atom. The molecule has 2 N–H and O–H groups in total. The SMILES string of the molecule is O=C(O)CCn1c(=O)[nH]c2c(Br)cccc2c1=O. The van der Waals surface area contributed by atoms with Crippen LogP contribution in [0.15, 0.2) is 32.3 Å². The summed E-state index contributed by atoms with van der Waals surface area (Å²) in [5, 5.41) is 8.92. The first-order chi connectivity index (χ1) is 8.50. The van der Waals surface area contributed by atoms with E-state index in [9.17, 15) is 14.4 Å². The molecule has 0 aliphatic carbocycles. The normalized spacial score (nSPS) is 10.7. The van der Waals surface area contributed by atoms with Crippen LogP contribution in [-0.2, 0) is 11.3 Å². The molecule has 0 radical (unpaired) electrons. The van der Waals surface area contributed by atoms with Gasteiger partial charge in [-0.15, -0.1) is 0 Å². The molecule has 0 aliphatic rings. The van der Waals surface area contributed by atoms with Crippen molar-refractivity contribution in [1.29, 1.82) is 0 Å². The molecular formula is C11H9BrN2O4. The molecule has 1 heterocycles. The number of nitrogens with zero attached hydrogens (tertiary/aromatic N) is 1. The lowest BCUT2D eigenvalue weighted by molar-refractivity contribution is -0.137. The van der Waals surface area contributed by atoms with E-state index in [1.54, 1.807) is 18.2 Å². The van der Waals surface area contributed by atoms with Crippen LogP contribution < -0.4 is 11.2 Å². The van der Waals surface area contributed by atoms with Crippen LogP contribution in [0.2, 0.25) is 0 Å². The first kappa shape index (κ1) is 12.6. The average Bonchev–Trinajstić information content (AvgIpc) is 2.30. The monoisotopic (exact) mass is 312 g/mol. The molecule has 1 aromatic carbocycles. The summed E-state index contributed by atoms with van der Waals surface area (Å²) in [4.78, 5) is 36.8. The zero-order chi connectivity index (χ0) is 13.3. The van der Waals surface area contributed by atoms with Crippen molar-refractivity contribution in [2.24, 2.45) is 0 Å². The molecular weight excluding hydrogens is 304 g/mol. The second kappa shape index (κ2) is 4.77. The standard InChI is InChI=1S/C11H9BrN2O4/c12-7-3-1-2-6-9(7)13-11(18)14(10(6)17)5-4-8(15)16/h1-3H,4-5H2,(H,13,18)(H,15,16). The quantitative estimate of drug-likeness (QED) is 0.881. The molecule has 6 nitrogen and oxygen atoms in total. The molecule has 0 amide bonds. The van der Waals surface area contributed by atoms with Crippen molar-refractivity contribution in [3.8, 4) is 0 Å². The highest BCUT2D eigenvalue weighted by molar-refractivity contribution is 9.10. The molecule has 0 aliphatic heterocycles. The maximum absolute atomic E-state index is 12.0. The molecule has 0 unspecified atom stereocenters. The lowest BCUT2D eigenvalue weighted by Crippen LogP contribution is -2.35. The number of fused-ring (bicyclic) bond motifs is 1. The van der Waals surface area contributed by atoms with Crippen molar-refractivity contribution in [2.75, 3.05) is 0 Å². The van der Waals surface area contributed by atoms with E-state index >= 15 is 0 Å². The van der Waals surface area contributed by atoms with Crippen molar-refractivity contribution in [2.45, 2.75) is 13.0 Å². The molecule has 0 saturated heterocycles. The highest BCUT2D eigenvalue weighted by Crippen LogP contribution is 2.17. The highest BCUT2D eigenvalue weighted by atomic mass is 79.9. The van der Waals surface area contributed by atoms with Crippen LogP contribution in [0.25, 0.3) is 10.9 Å². The van der Waals surface area contributed by atoms with Gasteiger partial charge in [-0.05, 0) is 28.1 Å². The smallest absolute Gasteiger partial charge is 0.328 e. The lowest BCUT2D eigenvalue weighted by atomic mass is 10.2. The van der Waals surface area contributed by atoms with E-state index < -0.39 is 17.2 Å². The number of carboxylic acids is 1. The van der Waals surface area contributed by atoms with E-state index in [0.29, 0.717) is 15.4 Å². The molecule has 2 aromatic rings. The van der Waals surface area contributed by atoms with Gasteiger partial charge in [0, 0.05) is 11.0 Å². The number of benzene rings is 1. The number of hydrogen-bond donors (Lipinski definition) is 2. The van der Waals surface area contributed by atoms with Gasteiger partial charge >= 0.3 is 11.7 Å². The summed E-state index contributed by atoms with van der Waals surface area (Å²) in [6.07, 6.45) is -0.275. The van der Waals surface area contributed by atoms with E-state index in [1.165, 1.54) is 0 Å². The molecule has 0 fully saturated rings. The van der Waals surface area contributed by atoms with Gasteiger partial charge in [0.15, 0.2) is 0 Å². The minimum absolute atomic E-state index is 0.147. The van der Waals surface area contributed by atoms with E-state index in [2.05, 4.69) is 20.9 Å². The number of rotatable bonds is 3. The summed E-state index contributed by atoms with van der Waals surface area (Å²) in [6, 6.07) is 4.96. The molecule has 94 valence electrons. The Morgan fingerprint density at radius 1 is 1.39 bits per heavy atom. The van der Waals surface area contributed by atoms with Crippen LogP contribution in [0.5, 0.6) is 0 Å². The summed E-state index contributed by atoms with van der Waals surface area (Å²) in [5.41, 5.74) is -0.684. The number of aromatic nitrogens is 2. The van der Waals surface area contributed by atoms with Gasteiger partial charge in [-0.25, -0.2) is 4.79 Å². The third-order valence-electron chi connectivity index (χ3n) is 2.52. The number of H-pyrrole nitrogens is 1. The number of carboxylic acid groups (broad SMARTS) is 1. The maximum atomic E-state index is 12.0. The van der Waals surface area contributed by atoms with E-state index in [1.807, 2.05) is 0 Å². The van der Waals surface area contributed by atoms with Crippen molar-refractivity contribution >= 4 is 32.8 Å². The van der Waals surface area contributed by atoms with Crippen LogP contribution in [0.1, 0.15) is 6.42 Å². The minimum atomic E-state index is -1.06. The van der Waals surface area contributed by atoms with Gasteiger partial charge < -0.3 is 10.1 Å². The molecule has 1 aromatic heterocycles. The summed E-state index contributed by atoms with van der Waals surface area (Å²) in [6.45, 7) is -0.147. The maximum Gasteiger partial charge on any atom is 0.328 e. The summed E-state index contributed by atoms with van der Waals surface area (Å²) in [5.74, 6) is -1.06. The van der Waals surface area contributed by atoms with E-state index in [0.717, 1.165) is 4.57 Å². The Hall–Kier alpha value is -1.89. The van der Waals surface area contributed by atoms with Gasteiger partial charge in [0.25, 0.3) is 5.56 Å². The largest absolute Gasteiger partial charge is 0.481 e. The third-order valence-corrected chi connectivity index (χ3v) is 3.18. The van der Waals surface area contributed by atoms with E-state index in [-0.39, 0.29) is 13.0 Å². The van der Waals surface area contributed by atoms with Gasteiger partial charge in [-0.3, -0.25) is 14.2 Å². The third kappa shape index (κ3) is 2.21. The molecule has 0 saturated carbocycles. The number of aliphatic carboxylic acids is 1. The summed E-state index contributed by atoms with van der Waals surface area (Å²) >= 11 is 3.24. The molecule has 2 rings (SSSR count). The second-order valence-electron chi connectivity index (χ2n) is 3.69.